The number of amides is 1. The molecule has 1 saturated heterocycles. The molecule has 1 aliphatic rings. The molecule has 5 nitrogen and oxygen atoms in total. The zero-order valence-electron chi connectivity index (χ0n) is 11.9. The van der Waals surface area contributed by atoms with E-state index in [1.165, 1.54) is 11.3 Å². The maximum Gasteiger partial charge on any atom is 0.410 e. The number of thiazole rings is 1. The third-order valence-electron chi connectivity index (χ3n) is 2.78. The van der Waals surface area contributed by atoms with Crippen LogP contribution in [0.25, 0.3) is 0 Å². The Morgan fingerprint density at radius 2 is 2.35 bits per heavy atom. The standard InChI is InChI=1S/C13H19ClN2O3S/c1-13(2,3)19-12(17)16-5-4-9(7-16)18-8-10-6-15-11(14)20-10/h6,9H,4-5,7-8H2,1-3H3. The van der Waals surface area contributed by atoms with Gasteiger partial charge in [0.05, 0.1) is 24.1 Å². The van der Waals surface area contributed by atoms with Crippen molar-refractivity contribution in [3.63, 3.8) is 0 Å². The minimum atomic E-state index is -0.463. The van der Waals surface area contributed by atoms with Gasteiger partial charge < -0.3 is 14.4 Å². The molecular formula is C13H19ClN2O3S. The van der Waals surface area contributed by atoms with E-state index in [2.05, 4.69) is 4.98 Å². The van der Waals surface area contributed by atoms with Crippen LogP contribution in [-0.4, -0.2) is 40.8 Å². The van der Waals surface area contributed by atoms with Crippen LogP contribution in [0.15, 0.2) is 6.20 Å². The maximum atomic E-state index is 11.9. The highest BCUT2D eigenvalue weighted by Gasteiger charge is 2.30. The second-order valence-electron chi connectivity index (χ2n) is 5.73. The van der Waals surface area contributed by atoms with Crippen LogP contribution in [0.2, 0.25) is 4.47 Å². The minimum Gasteiger partial charge on any atom is -0.444 e. The molecule has 0 bridgehead atoms. The van der Waals surface area contributed by atoms with Crippen molar-refractivity contribution in [1.29, 1.82) is 0 Å². The molecule has 0 aliphatic carbocycles. The number of halogens is 1. The van der Waals surface area contributed by atoms with Crippen LogP contribution < -0.4 is 0 Å². The molecule has 0 radical (unpaired) electrons. The van der Waals surface area contributed by atoms with Crippen molar-refractivity contribution in [1.82, 2.24) is 9.88 Å². The first-order chi connectivity index (χ1) is 9.33. The van der Waals surface area contributed by atoms with E-state index >= 15 is 0 Å². The third-order valence-corrected chi connectivity index (χ3v) is 3.87. The van der Waals surface area contributed by atoms with Crippen LogP contribution in [-0.2, 0) is 16.1 Å². The Morgan fingerprint density at radius 3 is 2.95 bits per heavy atom. The Hall–Kier alpha value is -0.850. The summed E-state index contributed by atoms with van der Waals surface area (Å²) >= 11 is 7.17. The Kier molecular flexibility index (Phi) is 4.88. The van der Waals surface area contributed by atoms with Gasteiger partial charge >= 0.3 is 6.09 Å². The lowest BCUT2D eigenvalue weighted by Crippen LogP contribution is -2.36. The van der Waals surface area contributed by atoms with E-state index < -0.39 is 5.60 Å². The molecule has 0 aromatic carbocycles. The van der Waals surface area contributed by atoms with Gasteiger partial charge in [-0.3, -0.25) is 0 Å². The third kappa shape index (κ3) is 4.61. The number of carbonyl (C=O) groups is 1. The van der Waals surface area contributed by atoms with Crippen molar-refractivity contribution in [2.75, 3.05) is 13.1 Å². The molecule has 1 aromatic heterocycles. The minimum absolute atomic E-state index is 0.0448. The molecule has 1 aliphatic heterocycles. The van der Waals surface area contributed by atoms with Crippen molar-refractivity contribution in [2.24, 2.45) is 0 Å². The number of nitrogens with zero attached hydrogens (tertiary/aromatic N) is 2. The molecule has 2 rings (SSSR count). The van der Waals surface area contributed by atoms with E-state index in [4.69, 9.17) is 21.1 Å². The summed E-state index contributed by atoms with van der Waals surface area (Å²) in [6.07, 6.45) is 2.31. The summed E-state index contributed by atoms with van der Waals surface area (Å²) in [6.45, 7) is 7.31. The molecule has 2 heterocycles. The highest BCUT2D eigenvalue weighted by molar-refractivity contribution is 7.15. The lowest BCUT2D eigenvalue weighted by atomic mass is 10.2. The molecule has 0 saturated carbocycles. The fraction of sp³-hybridized carbons (Fsp3) is 0.692. The van der Waals surface area contributed by atoms with Crippen LogP contribution in [0, 0.1) is 0 Å². The van der Waals surface area contributed by atoms with Crippen molar-refractivity contribution in [3.05, 3.63) is 15.5 Å². The van der Waals surface area contributed by atoms with Crippen molar-refractivity contribution >= 4 is 29.0 Å². The smallest absolute Gasteiger partial charge is 0.410 e. The SMILES string of the molecule is CC(C)(C)OC(=O)N1CCC(OCc2cnc(Cl)s2)C1. The first-order valence-electron chi connectivity index (χ1n) is 6.53. The average molecular weight is 319 g/mol. The molecule has 0 spiro atoms. The molecule has 1 amide bonds. The van der Waals surface area contributed by atoms with Crippen molar-refractivity contribution < 1.29 is 14.3 Å². The molecule has 20 heavy (non-hydrogen) atoms. The van der Waals surface area contributed by atoms with Gasteiger partial charge in [-0.2, -0.15) is 0 Å². The topological polar surface area (TPSA) is 51.7 Å². The summed E-state index contributed by atoms with van der Waals surface area (Å²) < 4.78 is 11.6. The molecule has 1 aromatic rings. The number of ether oxygens (including phenoxy) is 2. The highest BCUT2D eigenvalue weighted by Crippen LogP contribution is 2.21. The molecule has 0 N–H and O–H groups in total. The van der Waals surface area contributed by atoms with Gasteiger partial charge in [0.2, 0.25) is 0 Å². The maximum absolute atomic E-state index is 11.9. The van der Waals surface area contributed by atoms with Gasteiger partial charge in [0, 0.05) is 12.7 Å². The Morgan fingerprint density at radius 1 is 1.60 bits per heavy atom. The first-order valence-corrected chi connectivity index (χ1v) is 7.73. The zero-order chi connectivity index (χ0) is 14.8. The second-order valence-corrected chi connectivity index (χ2v) is 7.42. The lowest BCUT2D eigenvalue weighted by molar-refractivity contribution is 0.0187. The van der Waals surface area contributed by atoms with E-state index in [1.807, 2.05) is 20.8 Å². The fourth-order valence-corrected chi connectivity index (χ4v) is 2.81. The lowest BCUT2D eigenvalue weighted by Gasteiger charge is -2.24. The fourth-order valence-electron chi connectivity index (χ4n) is 1.91. The van der Waals surface area contributed by atoms with Gasteiger partial charge in [-0.05, 0) is 27.2 Å². The molecule has 7 heteroatoms. The van der Waals surface area contributed by atoms with Crippen LogP contribution in [0.3, 0.4) is 0 Å². The zero-order valence-corrected chi connectivity index (χ0v) is 13.5. The Balaban J connectivity index is 1.76. The van der Waals surface area contributed by atoms with E-state index in [1.54, 1.807) is 11.1 Å². The first kappa shape index (κ1) is 15.5. The van der Waals surface area contributed by atoms with Gasteiger partial charge in [0.15, 0.2) is 4.47 Å². The summed E-state index contributed by atoms with van der Waals surface area (Å²) in [6, 6.07) is 0. The predicted molar refractivity (Wildman–Crippen MR) is 78.1 cm³/mol. The number of likely N-dealkylation sites (tertiary alicyclic amines) is 1. The molecule has 1 unspecified atom stereocenters. The summed E-state index contributed by atoms with van der Waals surface area (Å²) in [4.78, 5) is 18.6. The van der Waals surface area contributed by atoms with E-state index in [9.17, 15) is 4.79 Å². The summed E-state index contributed by atoms with van der Waals surface area (Å²) in [5.41, 5.74) is -0.463. The Labute approximate surface area is 127 Å². The number of hydrogen-bond acceptors (Lipinski definition) is 5. The van der Waals surface area contributed by atoms with Crippen LogP contribution in [0.1, 0.15) is 32.1 Å². The molecule has 112 valence electrons. The highest BCUT2D eigenvalue weighted by atomic mass is 35.5. The number of carbonyl (C=O) groups excluding carboxylic acids is 1. The van der Waals surface area contributed by atoms with Crippen molar-refractivity contribution in [3.8, 4) is 0 Å². The van der Waals surface area contributed by atoms with Crippen LogP contribution >= 0.6 is 22.9 Å². The van der Waals surface area contributed by atoms with E-state index in [0.29, 0.717) is 24.2 Å². The van der Waals surface area contributed by atoms with Gasteiger partial charge in [0.25, 0.3) is 0 Å². The van der Waals surface area contributed by atoms with Crippen molar-refractivity contribution in [2.45, 2.75) is 45.5 Å². The number of aromatic nitrogens is 1. The summed E-state index contributed by atoms with van der Waals surface area (Å²) in [5.74, 6) is 0. The van der Waals surface area contributed by atoms with Gasteiger partial charge in [-0.25, -0.2) is 9.78 Å². The monoisotopic (exact) mass is 318 g/mol. The number of hydrogen-bond donors (Lipinski definition) is 0. The van der Waals surface area contributed by atoms with Crippen LogP contribution in [0.4, 0.5) is 4.79 Å². The largest absolute Gasteiger partial charge is 0.444 e. The summed E-state index contributed by atoms with van der Waals surface area (Å²) in [5, 5.41) is 0. The van der Waals surface area contributed by atoms with Crippen LogP contribution in [0.5, 0.6) is 0 Å². The normalized spacial score (nSPS) is 19.4. The Bertz CT molecular complexity index is 472. The molecule has 1 atom stereocenters. The number of rotatable bonds is 3. The van der Waals surface area contributed by atoms with Gasteiger partial charge in [-0.15, -0.1) is 11.3 Å². The van der Waals surface area contributed by atoms with E-state index in [-0.39, 0.29) is 12.2 Å². The molecular weight excluding hydrogens is 300 g/mol. The predicted octanol–water partition coefficient (Wildman–Crippen LogP) is 3.32. The van der Waals surface area contributed by atoms with Gasteiger partial charge in [0.1, 0.15) is 5.60 Å². The average Bonchev–Trinajstić information content (AvgIpc) is 2.93. The quantitative estimate of drug-likeness (QED) is 0.858. The van der Waals surface area contributed by atoms with Gasteiger partial charge in [-0.1, -0.05) is 11.6 Å². The second kappa shape index (κ2) is 6.28. The summed E-state index contributed by atoms with van der Waals surface area (Å²) in [7, 11) is 0. The van der Waals surface area contributed by atoms with E-state index in [0.717, 1.165) is 11.3 Å². The molecule has 1 fully saturated rings.